The molecule has 4 heteroatoms. The number of nitrogens with zero attached hydrogens (tertiary/aromatic N) is 2. The van der Waals surface area contributed by atoms with Crippen molar-refractivity contribution in [3.8, 4) is 11.3 Å². The second kappa shape index (κ2) is 6.83. The molecule has 0 spiro atoms. The molecule has 3 aromatic carbocycles. The van der Waals surface area contributed by atoms with E-state index in [1.54, 1.807) is 6.07 Å². The molecule has 4 aromatic rings. The van der Waals surface area contributed by atoms with Gasteiger partial charge in [0, 0.05) is 22.0 Å². The van der Waals surface area contributed by atoms with Crippen LogP contribution in [0.5, 0.6) is 0 Å². The number of para-hydroxylation sites is 2. The summed E-state index contributed by atoms with van der Waals surface area (Å²) in [5, 5.41) is 1.27. The van der Waals surface area contributed by atoms with Crippen molar-refractivity contribution in [3.63, 3.8) is 0 Å². The quantitative estimate of drug-likeness (QED) is 0.432. The third-order valence-electron chi connectivity index (χ3n) is 4.06. The smallest absolute Gasteiger partial charge is 0.0928 e. The largest absolute Gasteiger partial charge is 0.249 e. The van der Waals surface area contributed by atoms with Crippen LogP contribution in [0.2, 0.25) is 10.0 Å². The predicted octanol–water partition coefficient (Wildman–Crippen LogP) is 6.19. The molecule has 0 radical (unpaired) electrons. The minimum Gasteiger partial charge on any atom is -0.249 e. The zero-order chi connectivity index (χ0) is 17.2. The van der Waals surface area contributed by atoms with Crippen molar-refractivity contribution < 1.29 is 0 Å². The first-order chi connectivity index (χ1) is 12.2. The number of rotatable bonds is 3. The molecule has 0 saturated heterocycles. The number of hydrogen-bond acceptors (Lipinski definition) is 2. The highest BCUT2D eigenvalue weighted by atomic mass is 35.5. The Morgan fingerprint density at radius 2 is 1.40 bits per heavy atom. The molecule has 1 heterocycles. The zero-order valence-electron chi connectivity index (χ0n) is 13.3. The highest BCUT2D eigenvalue weighted by molar-refractivity contribution is 6.35. The molecule has 25 heavy (non-hydrogen) atoms. The molecular formula is C21H14Cl2N2. The van der Waals surface area contributed by atoms with Crippen LogP contribution in [0, 0.1) is 0 Å². The van der Waals surface area contributed by atoms with E-state index in [1.807, 2.05) is 66.7 Å². The molecular weight excluding hydrogens is 351 g/mol. The Morgan fingerprint density at radius 3 is 2.12 bits per heavy atom. The number of benzene rings is 3. The maximum absolute atomic E-state index is 6.36. The van der Waals surface area contributed by atoms with Crippen molar-refractivity contribution in [1.82, 2.24) is 9.97 Å². The SMILES string of the molecule is Clc1ccc(Cc2nc3ccccc3nc2-c2ccccc2)c(Cl)c1. The number of aromatic nitrogens is 2. The lowest BCUT2D eigenvalue weighted by Crippen LogP contribution is -2.01. The predicted molar refractivity (Wildman–Crippen MR) is 104 cm³/mol. The van der Waals surface area contributed by atoms with Gasteiger partial charge in [-0.3, -0.25) is 0 Å². The minimum atomic E-state index is 0.595. The molecule has 0 unspecified atom stereocenters. The van der Waals surface area contributed by atoms with Gasteiger partial charge >= 0.3 is 0 Å². The lowest BCUT2D eigenvalue weighted by molar-refractivity contribution is 1.07. The number of halogens is 2. The van der Waals surface area contributed by atoms with Gasteiger partial charge in [0.15, 0.2) is 0 Å². The van der Waals surface area contributed by atoms with Crippen LogP contribution in [0.3, 0.4) is 0 Å². The van der Waals surface area contributed by atoms with Gasteiger partial charge < -0.3 is 0 Å². The average molecular weight is 365 g/mol. The standard InChI is InChI=1S/C21H14Cl2N2/c22-16-11-10-15(17(23)13-16)12-20-21(14-6-2-1-3-7-14)25-19-9-5-4-8-18(19)24-20/h1-11,13H,12H2. The molecule has 4 rings (SSSR count). The van der Waals surface area contributed by atoms with Gasteiger partial charge in [-0.2, -0.15) is 0 Å². The summed E-state index contributed by atoms with van der Waals surface area (Å²) in [6, 6.07) is 23.5. The van der Waals surface area contributed by atoms with E-state index in [4.69, 9.17) is 33.2 Å². The van der Waals surface area contributed by atoms with Crippen molar-refractivity contribution in [3.05, 3.63) is 94.1 Å². The molecule has 0 bridgehead atoms. The summed E-state index contributed by atoms with van der Waals surface area (Å²) < 4.78 is 0. The summed E-state index contributed by atoms with van der Waals surface area (Å²) in [7, 11) is 0. The Bertz CT molecular complexity index is 1050. The Morgan fingerprint density at radius 1 is 0.720 bits per heavy atom. The van der Waals surface area contributed by atoms with E-state index in [0.717, 1.165) is 33.5 Å². The first kappa shape index (κ1) is 16.1. The van der Waals surface area contributed by atoms with E-state index >= 15 is 0 Å². The van der Waals surface area contributed by atoms with Gasteiger partial charge in [0.2, 0.25) is 0 Å². The highest BCUT2D eigenvalue weighted by Crippen LogP contribution is 2.28. The number of fused-ring (bicyclic) bond motifs is 1. The van der Waals surface area contributed by atoms with Crippen LogP contribution in [0.4, 0.5) is 0 Å². The molecule has 0 N–H and O–H groups in total. The molecule has 2 nitrogen and oxygen atoms in total. The second-order valence-electron chi connectivity index (χ2n) is 5.79. The van der Waals surface area contributed by atoms with E-state index in [0.29, 0.717) is 16.5 Å². The fourth-order valence-electron chi connectivity index (χ4n) is 2.83. The molecule has 0 fully saturated rings. The zero-order valence-corrected chi connectivity index (χ0v) is 14.8. The molecule has 122 valence electrons. The van der Waals surface area contributed by atoms with Crippen LogP contribution in [0.15, 0.2) is 72.8 Å². The van der Waals surface area contributed by atoms with Gasteiger partial charge in [0.25, 0.3) is 0 Å². The minimum absolute atomic E-state index is 0.595. The number of hydrogen-bond donors (Lipinski definition) is 0. The van der Waals surface area contributed by atoms with E-state index in [9.17, 15) is 0 Å². The van der Waals surface area contributed by atoms with E-state index in [-0.39, 0.29) is 0 Å². The Kier molecular flexibility index (Phi) is 4.39. The molecule has 0 aliphatic heterocycles. The summed E-state index contributed by atoms with van der Waals surface area (Å²) >= 11 is 12.4. The third-order valence-corrected chi connectivity index (χ3v) is 4.65. The fourth-order valence-corrected chi connectivity index (χ4v) is 3.31. The summed E-state index contributed by atoms with van der Waals surface area (Å²) in [6.07, 6.45) is 0.595. The van der Waals surface area contributed by atoms with Crippen LogP contribution < -0.4 is 0 Å². The van der Waals surface area contributed by atoms with Gasteiger partial charge in [0.1, 0.15) is 0 Å². The van der Waals surface area contributed by atoms with E-state index in [1.165, 1.54) is 0 Å². The summed E-state index contributed by atoms with van der Waals surface area (Å²) in [6.45, 7) is 0. The molecule has 1 aromatic heterocycles. The van der Waals surface area contributed by atoms with Crippen molar-refractivity contribution >= 4 is 34.2 Å². The monoisotopic (exact) mass is 364 g/mol. The first-order valence-corrected chi connectivity index (χ1v) is 8.71. The average Bonchev–Trinajstić information content (AvgIpc) is 2.64. The second-order valence-corrected chi connectivity index (χ2v) is 6.63. The van der Waals surface area contributed by atoms with Crippen molar-refractivity contribution in [2.24, 2.45) is 0 Å². The van der Waals surface area contributed by atoms with E-state index in [2.05, 4.69) is 0 Å². The normalized spacial score (nSPS) is 11.0. The Labute approximate surface area is 156 Å². The first-order valence-electron chi connectivity index (χ1n) is 7.96. The van der Waals surface area contributed by atoms with Crippen LogP contribution in [0.25, 0.3) is 22.3 Å². The Hall–Kier alpha value is -2.42. The van der Waals surface area contributed by atoms with Crippen LogP contribution in [-0.4, -0.2) is 9.97 Å². The molecule has 0 saturated carbocycles. The maximum atomic E-state index is 6.36. The molecule has 0 amide bonds. The molecule has 0 aliphatic carbocycles. The lowest BCUT2D eigenvalue weighted by atomic mass is 10.0. The van der Waals surface area contributed by atoms with Crippen molar-refractivity contribution in [1.29, 1.82) is 0 Å². The topological polar surface area (TPSA) is 25.8 Å². The van der Waals surface area contributed by atoms with Gasteiger partial charge in [0.05, 0.1) is 22.4 Å². The highest BCUT2D eigenvalue weighted by Gasteiger charge is 2.13. The molecule has 0 atom stereocenters. The van der Waals surface area contributed by atoms with Gasteiger partial charge in [-0.15, -0.1) is 0 Å². The third kappa shape index (κ3) is 3.37. The van der Waals surface area contributed by atoms with E-state index < -0.39 is 0 Å². The van der Waals surface area contributed by atoms with Crippen molar-refractivity contribution in [2.45, 2.75) is 6.42 Å². The fraction of sp³-hybridized carbons (Fsp3) is 0.0476. The van der Waals surface area contributed by atoms with Gasteiger partial charge in [-0.25, -0.2) is 9.97 Å². The molecule has 0 aliphatic rings. The summed E-state index contributed by atoms with van der Waals surface area (Å²) in [5.74, 6) is 0. The summed E-state index contributed by atoms with van der Waals surface area (Å²) in [5.41, 5.74) is 5.56. The summed E-state index contributed by atoms with van der Waals surface area (Å²) in [4.78, 5) is 9.71. The van der Waals surface area contributed by atoms with Gasteiger partial charge in [-0.1, -0.05) is 71.7 Å². The van der Waals surface area contributed by atoms with Gasteiger partial charge in [-0.05, 0) is 29.8 Å². The van der Waals surface area contributed by atoms with Crippen LogP contribution in [-0.2, 0) is 6.42 Å². The van der Waals surface area contributed by atoms with Crippen LogP contribution >= 0.6 is 23.2 Å². The lowest BCUT2D eigenvalue weighted by Gasteiger charge is -2.11. The Balaban J connectivity index is 1.88. The van der Waals surface area contributed by atoms with Crippen molar-refractivity contribution in [2.75, 3.05) is 0 Å². The van der Waals surface area contributed by atoms with Crippen LogP contribution in [0.1, 0.15) is 11.3 Å². The maximum Gasteiger partial charge on any atom is 0.0928 e.